The summed E-state index contributed by atoms with van der Waals surface area (Å²) in [6.07, 6.45) is 3.96. The molecule has 1 aliphatic heterocycles. The van der Waals surface area contributed by atoms with Gasteiger partial charge in [0.2, 0.25) is 11.8 Å². The summed E-state index contributed by atoms with van der Waals surface area (Å²) >= 11 is 1.15. The summed E-state index contributed by atoms with van der Waals surface area (Å²) in [5.41, 5.74) is 4.86. The number of thiazole rings is 1. The highest BCUT2D eigenvalue weighted by molar-refractivity contribution is 7.14. The van der Waals surface area contributed by atoms with Gasteiger partial charge in [0, 0.05) is 25.3 Å². The molecule has 0 aromatic carbocycles. The Kier molecular flexibility index (Phi) is 6.48. The molecule has 1 fully saturated rings. The van der Waals surface area contributed by atoms with Crippen molar-refractivity contribution in [2.45, 2.75) is 32.6 Å². The van der Waals surface area contributed by atoms with E-state index in [0.717, 1.165) is 24.4 Å². The Morgan fingerprint density at radius 1 is 1.22 bits per heavy atom. The van der Waals surface area contributed by atoms with E-state index in [4.69, 9.17) is 0 Å². The first kappa shape index (κ1) is 17.4. The van der Waals surface area contributed by atoms with E-state index in [1.807, 2.05) is 0 Å². The standard InChI is InChI=1S/C14H21N5O3S/c1-10(20)15-14-16-11(9-23-14)13(22)18-17-12(21)5-8-19-6-3-2-4-7-19/h9H,2-8H2,1H3,(H,17,21)(H,18,22)(H,15,16,20). The molecule has 1 saturated heterocycles. The van der Waals surface area contributed by atoms with Crippen molar-refractivity contribution in [3.8, 4) is 0 Å². The normalized spacial score (nSPS) is 15.0. The molecule has 0 atom stereocenters. The zero-order chi connectivity index (χ0) is 16.7. The number of nitrogens with zero attached hydrogens (tertiary/aromatic N) is 2. The van der Waals surface area contributed by atoms with Crippen molar-refractivity contribution in [3.63, 3.8) is 0 Å². The summed E-state index contributed by atoms with van der Waals surface area (Å²) < 4.78 is 0. The van der Waals surface area contributed by atoms with Gasteiger partial charge in [-0.2, -0.15) is 0 Å². The first-order chi connectivity index (χ1) is 11.0. The van der Waals surface area contributed by atoms with Crippen LogP contribution in [0.2, 0.25) is 0 Å². The molecule has 3 N–H and O–H groups in total. The fourth-order valence-electron chi connectivity index (χ4n) is 2.28. The molecular formula is C14H21N5O3S. The molecule has 1 aromatic heterocycles. The van der Waals surface area contributed by atoms with Crippen LogP contribution in [-0.2, 0) is 9.59 Å². The first-order valence-electron chi connectivity index (χ1n) is 7.59. The van der Waals surface area contributed by atoms with Gasteiger partial charge < -0.3 is 10.2 Å². The van der Waals surface area contributed by atoms with Gasteiger partial charge in [-0.15, -0.1) is 11.3 Å². The minimum atomic E-state index is -0.510. The van der Waals surface area contributed by atoms with Crippen LogP contribution < -0.4 is 16.2 Å². The van der Waals surface area contributed by atoms with Gasteiger partial charge >= 0.3 is 0 Å². The molecule has 3 amide bonds. The maximum atomic E-state index is 11.8. The van der Waals surface area contributed by atoms with E-state index in [2.05, 4.69) is 26.1 Å². The molecule has 2 heterocycles. The Labute approximate surface area is 138 Å². The van der Waals surface area contributed by atoms with Crippen LogP contribution in [0.3, 0.4) is 0 Å². The Morgan fingerprint density at radius 2 is 1.96 bits per heavy atom. The lowest BCUT2D eigenvalue weighted by atomic mass is 10.1. The Hall–Kier alpha value is -2.00. The number of carbonyl (C=O) groups is 3. The first-order valence-corrected chi connectivity index (χ1v) is 8.47. The number of hydrogen-bond donors (Lipinski definition) is 3. The summed E-state index contributed by atoms with van der Waals surface area (Å²) in [7, 11) is 0. The number of amides is 3. The molecule has 8 nitrogen and oxygen atoms in total. The maximum Gasteiger partial charge on any atom is 0.289 e. The summed E-state index contributed by atoms with van der Waals surface area (Å²) in [5.74, 6) is -0.997. The minimum Gasteiger partial charge on any atom is -0.303 e. The van der Waals surface area contributed by atoms with Gasteiger partial charge in [0.1, 0.15) is 5.69 Å². The number of hydrazine groups is 1. The number of anilines is 1. The maximum absolute atomic E-state index is 11.8. The number of hydrogen-bond acceptors (Lipinski definition) is 6. The lowest BCUT2D eigenvalue weighted by Gasteiger charge is -2.25. The summed E-state index contributed by atoms with van der Waals surface area (Å²) in [4.78, 5) is 40.7. The third-order valence-corrected chi connectivity index (χ3v) is 4.20. The van der Waals surface area contributed by atoms with E-state index >= 15 is 0 Å². The fraction of sp³-hybridized carbons (Fsp3) is 0.571. The molecular weight excluding hydrogens is 318 g/mol. The lowest BCUT2D eigenvalue weighted by molar-refractivity contribution is -0.122. The van der Waals surface area contributed by atoms with Crippen LogP contribution in [0, 0.1) is 0 Å². The van der Waals surface area contributed by atoms with Gasteiger partial charge in [0.25, 0.3) is 5.91 Å². The molecule has 0 saturated carbocycles. The molecule has 2 rings (SSSR count). The van der Waals surface area contributed by atoms with E-state index < -0.39 is 5.91 Å². The Morgan fingerprint density at radius 3 is 2.65 bits per heavy atom. The summed E-state index contributed by atoms with van der Waals surface area (Å²) in [6, 6.07) is 0. The highest BCUT2D eigenvalue weighted by Gasteiger charge is 2.14. The fourth-order valence-corrected chi connectivity index (χ4v) is 3.02. The van der Waals surface area contributed by atoms with E-state index in [-0.39, 0.29) is 17.5 Å². The van der Waals surface area contributed by atoms with Crippen molar-refractivity contribution in [2.24, 2.45) is 0 Å². The number of rotatable bonds is 5. The smallest absolute Gasteiger partial charge is 0.289 e. The number of aromatic nitrogens is 1. The average molecular weight is 339 g/mol. The molecule has 0 unspecified atom stereocenters. The van der Waals surface area contributed by atoms with E-state index in [1.165, 1.54) is 31.6 Å². The average Bonchev–Trinajstić information content (AvgIpc) is 2.99. The van der Waals surface area contributed by atoms with Crippen LogP contribution in [0.25, 0.3) is 0 Å². The molecule has 0 spiro atoms. The Bertz CT molecular complexity index is 569. The van der Waals surface area contributed by atoms with Gasteiger partial charge in [-0.25, -0.2) is 4.98 Å². The second-order valence-electron chi connectivity index (χ2n) is 5.37. The van der Waals surface area contributed by atoms with Gasteiger partial charge in [-0.1, -0.05) is 6.42 Å². The van der Waals surface area contributed by atoms with Crippen LogP contribution in [0.5, 0.6) is 0 Å². The van der Waals surface area contributed by atoms with Crippen molar-refractivity contribution in [1.29, 1.82) is 0 Å². The zero-order valence-electron chi connectivity index (χ0n) is 13.1. The van der Waals surface area contributed by atoms with Crippen molar-refractivity contribution in [2.75, 3.05) is 25.0 Å². The number of likely N-dealkylation sites (tertiary alicyclic amines) is 1. The van der Waals surface area contributed by atoms with Crippen LogP contribution >= 0.6 is 11.3 Å². The molecule has 0 bridgehead atoms. The van der Waals surface area contributed by atoms with Crippen LogP contribution in [0.15, 0.2) is 5.38 Å². The molecule has 9 heteroatoms. The largest absolute Gasteiger partial charge is 0.303 e. The van der Waals surface area contributed by atoms with E-state index in [0.29, 0.717) is 18.1 Å². The second kappa shape index (κ2) is 8.59. The number of carbonyl (C=O) groups excluding carboxylic acids is 3. The van der Waals surface area contributed by atoms with Crippen LogP contribution in [0.1, 0.15) is 43.1 Å². The molecule has 126 valence electrons. The third-order valence-electron chi connectivity index (χ3n) is 3.44. The third kappa shape index (κ3) is 5.95. The van der Waals surface area contributed by atoms with Gasteiger partial charge in [-0.05, 0) is 25.9 Å². The zero-order valence-corrected chi connectivity index (χ0v) is 13.9. The molecule has 23 heavy (non-hydrogen) atoms. The minimum absolute atomic E-state index is 0.148. The van der Waals surface area contributed by atoms with Gasteiger partial charge in [0.15, 0.2) is 5.13 Å². The van der Waals surface area contributed by atoms with Crippen molar-refractivity contribution >= 4 is 34.2 Å². The van der Waals surface area contributed by atoms with Crippen molar-refractivity contribution < 1.29 is 14.4 Å². The highest BCUT2D eigenvalue weighted by atomic mass is 32.1. The molecule has 1 aliphatic rings. The monoisotopic (exact) mass is 339 g/mol. The lowest BCUT2D eigenvalue weighted by Crippen LogP contribution is -2.43. The Balaban J connectivity index is 1.69. The predicted octanol–water partition coefficient (Wildman–Crippen LogP) is 0.738. The number of piperidine rings is 1. The SMILES string of the molecule is CC(=O)Nc1nc(C(=O)NNC(=O)CCN2CCCCC2)cs1. The topological polar surface area (TPSA) is 103 Å². The van der Waals surface area contributed by atoms with Gasteiger partial charge in [-0.3, -0.25) is 25.2 Å². The summed E-state index contributed by atoms with van der Waals surface area (Å²) in [6.45, 7) is 4.13. The van der Waals surface area contributed by atoms with Gasteiger partial charge in [0.05, 0.1) is 0 Å². The van der Waals surface area contributed by atoms with Crippen molar-refractivity contribution in [1.82, 2.24) is 20.7 Å². The number of nitrogens with one attached hydrogen (secondary N) is 3. The molecule has 0 aliphatic carbocycles. The van der Waals surface area contributed by atoms with Crippen LogP contribution in [-0.4, -0.2) is 47.2 Å². The van der Waals surface area contributed by atoms with Crippen LogP contribution in [0.4, 0.5) is 5.13 Å². The molecule has 0 radical (unpaired) electrons. The predicted molar refractivity (Wildman–Crippen MR) is 86.9 cm³/mol. The summed E-state index contributed by atoms with van der Waals surface area (Å²) in [5, 5.41) is 4.36. The molecule has 1 aromatic rings. The second-order valence-corrected chi connectivity index (χ2v) is 6.23. The van der Waals surface area contributed by atoms with Crippen molar-refractivity contribution in [3.05, 3.63) is 11.1 Å². The highest BCUT2D eigenvalue weighted by Crippen LogP contribution is 2.14. The van der Waals surface area contributed by atoms with E-state index in [9.17, 15) is 14.4 Å². The van der Waals surface area contributed by atoms with E-state index in [1.54, 1.807) is 0 Å². The quantitative estimate of drug-likeness (QED) is 0.687.